The van der Waals surface area contributed by atoms with Gasteiger partial charge in [-0.3, -0.25) is 0 Å². The van der Waals surface area contributed by atoms with E-state index in [1.54, 1.807) is 6.20 Å². The third-order valence-electron chi connectivity index (χ3n) is 2.32. The molecule has 0 bridgehead atoms. The smallest absolute Gasteiger partial charge is 0.129 e. The first-order valence-electron chi connectivity index (χ1n) is 5.55. The van der Waals surface area contributed by atoms with Crippen molar-refractivity contribution < 1.29 is 0 Å². The van der Waals surface area contributed by atoms with Crippen LogP contribution in [-0.2, 0) is 0 Å². The predicted octanol–water partition coefficient (Wildman–Crippen LogP) is 2.20. The van der Waals surface area contributed by atoms with Crippen molar-refractivity contribution in [1.82, 2.24) is 4.98 Å². The molecule has 1 aromatic heterocycles. The van der Waals surface area contributed by atoms with Gasteiger partial charge in [0.1, 0.15) is 10.8 Å². The van der Waals surface area contributed by atoms with Crippen LogP contribution in [-0.4, -0.2) is 23.1 Å². The lowest BCUT2D eigenvalue weighted by Crippen LogP contribution is -2.28. The lowest BCUT2D eigenvalue weighted by atomic mass is 10.2. The lowest BCUT2D eigenvalue weighted by Gasteiger charge is -2.24. The van der Waals surface area contributed by atoms with Gasteiger partial charge in [-0.25, -0.2) is 4.98 Å². The van der Waals surface area contributed by atoms with E-state index in [9.17, 15) is 0 Å². The van der Waals surface area contributed by atoms with Crippen molar-refractivity contribution in [2.24, 2.45) is 11.7 Å². The molecule has 0 saturated heterocycles. The van der Waals surface area contributed by atoms with Crippen LogP contribution >= 0.6 is 12.2 Å². The average Bonchev–Trinajstić information content (AvgIpc) is 2.25. The quantitative estimate of drug-likeness (QED) is 0.797. The number of nitrogens with zero attached hydrogens (tertiary/aromatic N) is 2. The van der Waals surface area contributed by atoms with Gasteiger partial charge in [0.25, 0.3) is 0 Å². The van der Waals surface area contributed by atoms with Crippen LogP contribution in [0.4, 0.5) is 5.82 Å². The maximum atomic E-state index is 5.61. The minimum Gasteiger partial charge on any atom is -0.389 e. The van der Waals surface area contributed by atoms with Gasteiger partial charge in [-0.05, 0) is 25.0 Å². The monoisotopic (exact) mass is 237 g/mol. The first-order chi connectivity index (χ1) is 7.54. The average molecular weight is 237 g/mol. The van der Waals surface area contributed by atoms with Gasteiger partial charge in [0.05, 0.1) is 0 Å². The zero-order valence-corrected chi connectivity index (χ0v) is 10.9. The molecule has 16 heavy (non-hydrogen) atoms. The molecule has 0 spiro atoms. The van der Waals surface area contributed by atoms with E-state index in [2.05, 4.69) is 30.7 Å². The van der Waals surface area contributed by atoms with E-state index in [1.165, 1.54) is 0 Å². The maximum Gasteiger partial charge on any atom is 0.129 e. The van der Waals surface area contributed by atoms with Gasteiger partial charge < -0.3 is 10.6 Å². The molecule has 0 aromatic carbocycles. The number of hydrogen-bond donors (Lipinski definition) is 1. The molecule has 0 aliphatic carbocycles. The van der Waals surface area contributed by atoms with Gasteiger partial charge in [0.2, 0.25) is 0 Å². The number of rotatable bonds is 5. The molecule has 0 amide bonds. The van der Waals surface area contributed by atoms with E-state index in [0.717, 1.165) is 24.5 Å². The van der Waals surface area contributed by atoms with Crippen LogP contribution in [0, 0.1) is 5.92 Å². The summed E-state index contributed by atoms with van der Waals surface area (Å²) in [6, 6.07) is 3.79. The molecule has 0 aliphatic heterocycles. The summed E-state index contributed by atoms with van der Waals surface area (Å²) in [7, 11) is 0. The molecule has 1 aromatic rings. The molecule has 88 valence electrons. The molecule has 0 fully saturated rings. The Bertz CT molecular complexity index is 363. The van der Waals surface area contributed by atoms with Crippen molar-refractivity contribution in [1.29, 1.82) is 0 Å². The van der Waals surface area contributed by atoms with Crippen molar-refractivity contribution in [3.8, 4) is 0 Å². The van der Waals surface area contributed by atoms with Crippen LogP contribution in [0.3, 0.4) is 0 Å². The second kappa shape index (κ2) is 5.80. The molecule has 0 atom stereocenters. The van der Waals surface area contributed by atoms with Crippen molar-refractivity contribution in [3.05, 3.63) is 23.9 Å². The third-order valence-corrected chi connectivity index (χ3v) is 2.56. The highest BCUT2D eigenvalue weighted by Crippen LogP contribution is 2.14. The van der Waals surface area contributed by atoms with E-state index in [1.807, 2.05) is 12.1 Å². The Labute approximate surface area is 103 Å². The summed E-state index contributed by atoms with van der Waals surface area (Å²) in [5.74, 6) is 1.55. The van der Waals surface area contributed by atoms with Crippen LogP contribution < -0.4 is 10.6 Å². The molecule has 0 aliphatic rings. The minimum absolute atomic E-state index is 0.421. The van der Waals surface area contributed by atoms with Crippen molar-refractivity contribution >= 4 is 23.0 Å². The van der Waals surface area contributed by atoms with Gasteiger partial charge >= 0.3 is 0 Å². The maximum absolute atomic E-state index is 5.61. The highest BCUT2D eigenvalue weighted by molar-refractivity contribution is 7.80. The first kappa shape index (κ1) is 12.9. The molecule has 0 unspecified atom stereocenters. The molecular formula is C12H19N3S. The Morgan fingerprint density at radius 3 is 2.75 bits per heavy atom. The topological polar surface area (TPSA) is 42.1 Å². The number of pyridine rings is 1. The van der Waals surface area contributed by atoms with Gasteiger partial charge in [-0.15, -0.1) is 0 Å². The molecule has 1 rings (SSSR count). The molecule has 1 heterocycles. The normalized spacial score (nSPS) is 10.5. The van der Waals surface area contributed by atoms with Crippen LogP contribution in [0.25, 0.3) is 0 Å². The zero-order valence-electron chi connectivity index (χ0n) is 10.1. The number of thiocarbonyl (C=S) groups is 1. The SMILES string of the molecule is CCN(CC(C)C)c1cc(C(N)=S)ccn1. The zero-order chi connectivity index (χ0) is 12.1. The van der Waals surface area contributed by atoms with Gasteiger partial charge in [0.15, 0.2) is 0 Å². The molecule has 3 nitrogen and oxygen atoms in total. The van der Waals surface area contributed by atoms with Gasteiger partial charge in [-0.2, -0.15) is 0 Å². The molecular weight excluding hydrogens is 218 g/mol. The van der Waals surface area contributed by atoms with Crippen molar-refractivity contribution in [2.45, 2.75) is 20.8 Å². The Balaban J connectivity index is 2.92. The van der Waals surface area contributed by atoms with Crippen molar-refractivity contribution in [2.75, 3.05) is 18.0 Å². The highest BCUT2D eigenvalue weighted by atomic mass is 32.1. The summed E-state index contributed by atoms with van der Waals surface area (Å²) >= 11 is 4.96. The second-order valence-electron chi connectivity index (χ2n) is 4.20. The number of hydrogen-bond acceptors (Lipinski definition) is 3. The molecule has 0 saturated carbocycles. The molecule has 2 N–H and O–H groups in total. The van der Waals surface area contributed by atoms with Crippen LogP contribution in [0.1, 0.15) is 26.3 Å². The number of aromatic nitrogens is 1. The second-order valence-corrected chi connectivity index (χ2v) is 4.64. The van der Waals surface area contributed by atoms with E-state index >= 15 is 0 Å². The fourth-order valence-electron chi connectivity index (χ4n) is 1.57. The fourth-order valence-corrected chi connectivity index (χ4v) is 1.70. The molecule has 4 heteroatoms. The summed E-state index contributed by atoms with van der Waals surface area (Å²) in [6.07, 6.45) is 1.76. The minimum atomic E-state index is 0.421. The Kier molecular flexibility index (Phi) is 4.68. The first-order valence-corrected chi connectivity index (χ1v) is 5.96. The predicted molar refractivity (Wildman–Crippen MR) is 72.8 cm³/mol. The summed E-state index contributed by atoms with van der Waals surface area (Å²) in [6.45, 7) is 8.44. The standard InChI is InChI=1S/C12H19N3S/c1-4-15(8-9(2)3)11-7-10(12(13)16)5-6-14-11/h5-7,9H,4,8H2,1-3H3,(H2,13,16). The van der Waals surface area contributed by atoms with Gasteiger partial charge in [-0.1, -0.05) is 26.1 Å². The van der Waals surface area contributed by atoms with Crippen molar-refractivity contribution in [3.63, 3.8) is 0 Å². The Hall–Kier alpha value is -1.16. The highest BCUT2D eigenvalue weighted by Gasteiger charge is 2.08. The van der Waals surface area contributed by atoms with E-state index < -0.39 is 0 Å². The largest absolute Gasteiger partial charge is 0.389 e. The van der Waals surface area contributed by atoms with E-state index in [-0.39, 0.29) is 0 Å². The third kappa shape index (κ3) is 3.45. The lowest BCUT2D eigenvalue weighted by molar-refractivity contribution is 0.614. The summed E-state index contributed by atoms with van der Waals surface area (Å²) < 4.78 is 0. The summed E-state index contributed by atoms with van der Waals surface area (Å²) in [4.78, 5) is 7.01. The summed E-state index contributed by atoms with van der Waals surface area (Å²) in [5.41, 5.74) is 6.49. The molecule has 0 radical (unpaired) electrons. The van der Waals surface area contributed by atoms with E-state index in [0.29, 0.717) is 10.9 Å². The Morgan fingerprint density at radius 1 is 1.56 bits per heavy atom. The van der Waals surface area contributed by atoms with Crippen LogP contribution in [0.2, 0.25) is 0 Å². The van der Waals surface area contributed by atoms with Crippen LogP contribution in [0.15, 0.2) is 18.3 Å². The van der Waals surface area contributed by atoms with E-state index in [4.69, 9.17) is 18.0 Å². The Morgan fingerprint density at radius 2 is 2.25 bits per heavy atom. The van der Waals surface area contributed by atoms with Crippen LogP contribution in [0.5, 0.6) is 0 Å². The van der Waals surface area contributed by atoms with Gasteiger partial charge in [0, 0.05) is 24.8 Å². The fraction of sp³-hybridized carbons (Fsp3) is 0.500. The number of anilines is 1. The number of nitrogens with two attached hydrogens (primary N) is 1. The summed E-state index contributed by atoms with van der Waals surface area (Å²) in [5, 5.41) is 0.